The topological polar surface area (TPSA) is 40.5 Å². The molecule has 4 heteroatoms. The van der Waals surface area contributed by atoms with Crippen LogP contribution in [0.25, 0.3) is 0 Å². The maximum atomic E-state index is 11.8. The van der Waals surface area contributed by atoms with Crippen molar-refractivity contribution in [3.05, 3.63) is 40.9 Å². The van der Waals surface area contributed by atoms with Gasteiger partial charge in [-0.1, -0.05) is 22.0 Å². The highest BCUT2D eigenvalue weighted by molar-refractivity contribution is 9.10. The first-order valence-corrected chi connectivity index (χ1v) is 5.20. The van der Waals surface area contributed by atoms with Crippen LogP contribution in [-0.2, 0) is 0 Å². The standard InChI is InChI=1S/C11H12BrNO2/c1-3-6-13(2)11(15)9-5-4-8(12)7-10(9)14/h3-5,7,14H,1,6H2,2H3. The third-order valence-electron chi connectivity index (χ3n) is 1.94. The fraction of sp³-hybridized carbons (Fsp3) is 0.182. The second-order valence-electron chi connectivity index (χ2n) is 3.14. The Hall–Kier alpha value is -1.29. The monoisotopic (exact) mass is 269 g/mol. The van der Waals surface area contributed by atoms with Crippen molar-refractivity contribution in [3.63, 3.8) is 0 Å². The van der Waals surface area contributed by atoms with E-state index in [-0.39, 0.29) is 11.7 Å². The highest BCUT2D eigenvalue weighted by Crippen LogP contribution is 2.23. The van der Waals surface area contributed by atoms with E-state index in [1.165, 1.54) is 11.0 Å². The Morgan fingerprint density at radius 1 is 1.67 bits per heavy atom. The van der Waals surface area contributed by atoms with Crippen molar-refractivity contribution in [2.45, 2.75) is 0 Å². The van der Waals surface area contributed by atoms with Crippen molar-refractivity contribution >= 4 is 21.8 Å². The molecule has 1 rings (SSSR count). The minimum absolute atomic E-state index is 0.0229. The molecule has 1 N–H and O–H groups in total. The van der Waals surface area contributed by atoms with Crippen LogP contribution in [0.4, 0.5) is 0 Å². The normalized spacial score (nSPS) is 9.73. The van der Waals surface area contributed by atoms with Gasteiger partial charge in [0, 0.05) is 18.1 Å². The van der Waals surface area contributed by atoms with Crippen molar-refractivity contribution in [3.8, 4) is 5.75 Å². The number of amides is 1. The molecule has 15 heavy (non-hydrogen) atoms. The molecule has 0 heterocycles. The highest BCUT2D eigenvalue weighted by atomic mass is 79.9. The third kappa shape index (κ3) is 2.83. The lowest BCUT2D eigenvalue weighted by Gasteiger charge is -2.15. The zero-order valence-corrected chi connectivity index (χ0v) is 9.99. The summed E-state index contributed by atoms with van der Waals surface area (Å²) in [6.07, 6.45) is 1.63. The molecule has 0 saturated heterocycles. The third-order valence-corrected chi connectivity index (χ3v) is 2.43. The predicted octanol–water partition coefficient (Wildman–Crippen LogP) is 2.41. The highest BCUT2D eigenvalue weighted by Gasteiger charge is 2.14. The molecule has 0 aliphatic rings. The summed E-state index contributed by atoms with van der Waals surface area (Å²) >= 11 is 3.21. The number of halogens is 1. The van der Waals surface area contributed by atoms with Gasteiger partial charge in [-0.25, -0.2) is 0 Å². The molecule has 0 aliphatic carbocycles. The first-order chi connectivity index (χ1) is 7.06. The predicted molar refractivity (Wildman–Crippen MR) is 63.0 cm³/mol. The average molecular weight is 270 g/mol. The molecule has 80 valence electrons. The van der Waals surface area contributed by atoms with Crippen molar-refractivity contribution in [2.75, 3.05) is 13.6 Å². The van der Waals surface area contributed by atoms with Crippen LogP contribution in [-0.4, -0.2) is 29.5 Å². The molecular formula is C11H12BrNO2. The van der Waals surface area contributed by atoms with Crippen LogP contribution in [0.15, 0.2) is 35.3 Å². The van der Waals surface area contributed by atoms with Crippen molar-refractivity contribution in [1.82, 2.24) is 4.90 Å². The lowest BCUT2D eigenvalue weighted by atomic mass is 10.2. The van der Waals surface area contributed by atoms with Crippen LogP contribution in [0.5, 0.6) is 5.75 Å². The van der Waals surface area contributed by atoms with E-state index in [4.69, 9.17) is 0 Å². The Bertz CT molecular complexity index is 390. The van der Waals surface area contributed by atoms with Gasteiger partial charge in [0.1, 0.15) is 5.75 Å². The fourth-order valence-electron chi connectivity index (χ4n) is 1.17. The van der Waals surface area contributed by atoms with Gasteiger partial charge in [-0.05, 0) is 18.2 Å². The molecule has 0 aromatic heterocycles. The summed E-state index contributed by atoms with van der Waals surface area (Å²) in [6, 6.07) is 4.80. The lowest BCUT2D eigenvalue weighted by molar-refractivity contribution is 0.0807. The van der Waals surface area contributed by atoms with Gasteiger partial charge >= 0.3 is 0 Å². The van der Waals surface area contributed by atoms with Crippen molar-refractivity contribution in [2.24, 2.45) is 0 Å². The number of carbonyl (C=O) groups excluding carboxylic acids is 1. The minimum atomic E-state index is -0.222. The fourth-order valence-corrected chi connectivity index (χ4v) is 1.52. The molecule has 0 fully saturated rings. The maximum Gasteiger partial charge on any atom is 0.257 e. The summed E-state index contributed by atoms with van der Waals surface area (Å²) in [5.41, 5.74) is 0.294. The van der Waals surface area contributed by atoms with Gasteiger partial charge in [-0.3, -0.25) is 4.79 Å². The first-order valence-electron chi connectivity index (χ1n) is 4.41. The molecule has 3 nitrogen and oxygen atoms in total. The van der Waals surface area contributed by atoms with Gasteiger partial charge < -0.3 is 10.0 Å². The van der Waals surface area contributed by atoms with E-state index in [2.05, 4.69) is 22.5 Å². The first kappa shape index (κ1) is 11.8. The molecule has 0 bridgehead atoms. The van der Waals surface area contributed by atoms with Crippen LogP contribution in [0, 0.1) is 0 Å². The quantitative estimate of drug-likeness (QED) is 0.857. The van der Waals surface area contributed by atoms with Crippen molar-refractivity contribution in [1.29, 1.82) is 0 Å². The number of nitrogens with zero attached hydrogens (tertiary/aromatic N) is 1. The van der Waals surface area contributed by atoms with Crippen molar-refractivity contribution < 1.29 is 9.90 Å². The van der Waals surface area contributed by atoms with Gasteiger partial charge in [-0.2, -0.15) is 0 Å². The van der Waals surface area contributed by atoms with Gasteiger partial charge in [0.25, 0.3) is 5.91 Å². The molecule has 1 aromatic carbocycles. The Kier molecular flexibility index (Phi) is 3.91. The van der Waals surface area contributed by atoms with E-state index in [0.29, 0.717) is 12.1 Å². The van der Waals surface area contributed by atoms with Crippen LogP contribution in [0.2, 0.25) is 0 Å². The van der Waals surface area contributed by atoms with Gasteiger partial charge in [0.2, 0.25) is 0 Å². The number of benzene rings is 1. The number of phenols is 1. The zero-order chi connectivity index (χ0) is 11.4. The van der Waals surface area contributed by atoms with Gasteiger partial charge in [-0.15, -0.1) is 6.58 Å². The Balaban J connectivity index is 2.96. The summed E-state index contributed by atoms with van der Waals surface area (Å²) in [4.78, 5) is 13.3. The summed E-state index contributed by atoms with van der Waals surface area (Å²) in [5, 5.41) is 9.58. The summed E-state index contributed by atoms with van der Waals surface area (Å²) in [7, 11) is 1.66. The Labute approximate surface area is 97.1 Å². The average Bonchev–Trinajstić information content (AvgIpc) is 2.17. The number of aromatic hydroxyl groups is 1. The molecule has 0 atom stereocenters. The van der Waals surface area contributed by atoms with Crippen LogP contribution in [0.1, 0.15) is 10.4 Å². The summed E-state index contributed by atoms with van der Waals surface area (Å²) in [6.45, 7) is 4.00. The van der Waals surface area contributed by atoms with E-state index in [9.17, 15) is 9.90 Å². The zero-order valence-electron chi connectivity index (χ0n) is 8.40. The minimum Gasteiger partial charge on any atom is -0.507 e. The van der Waals surface area contributed by atoms with Crippen LogP contribution < -0.4 is 0 Å². The molecule has 0 spiro atoms. The van der Waals surface area contributed by atoms with E-state index in [1.807, 2.05) is 0 Å². The maximum absolute atomic E-state index is 11.8. The number of carbonyl (C=O) groups is 1. The number of rotatable bonds is 3. The van der Waals surface area contributed by atoms with E-state index in [0.717, 1.165) is 4.47 Å². The molecule has 1 amide bonds. The number of phenolic OH excluding ortho intramolecular Hbond substituents is 1. The molecule has 0 aliphatic heterocycles. The second kappa shape index (κ2) is 4.98. The number of hydrogen-bond donors (Lipinski definition) is 1. The molecule has 0 radical (unpaired) electrons. The second-order valence-corrected chi connectivity index (χ2v) is 4.05. The number of likely N-dealkylation sites (N-methyl/N-ethyl adjacent to an activating group) is 1. The summed E-state index contributed by atoms with van der Waals surface area (Å²) < 4.78 is 0.739. The lowest BCUT2D eigenvalue weighted by Crippen LogP contribution is -2.26. The molecule has 0 unspecified atom stereocenters. The van der Waals surface area contributed by atoms with Gasteiger partial charge in [0.15, 0.2) is 0 Å². The van der Waals surface area contributed by atoms with Crippen LogP contribution in [0.3, 0.4) is 0 Å². The summed E-state index contributed by atoms with van der Waals surface area (Å²) in [5.74, 6) is -0.245. The van der Waals surface area contributed by atoms with Gasteiger partial charge in [0.05, 0.1) is 5.56 Å². The smallest absolute Gasteiger partial charge is 0.257 e. The van der Waals surface area contributed by atoms with Crippen LogP contribution >= 0.6 is 15.9 Å². The Morgan fingerprint density at radius 2 is 2.33 bits per heavy atom. The van der Waals surface area contributed by atoms with E-state index < -0.39 is 0 Å². The molecular weight excluding hydrogens is 258 g/mol. The van der Waals surface area contributed by atoms with E-state index >= 15 is 0 Å². The largest absolute Gasteiger partial charge is 0.507 e. The Morgan fingerprint density at radius 3 is 2.87 bits per heavy atom. The molecule has 0 saturated carbocycles. The number of hydrogen-bond acceptors (Lipinski definition) is 2. The molecule has 1 aromatic rings. The van der Waals surface area contributed by atoms with E-state index in [1.54, 1.807) is 25.3 Å². The SMILES string of the molecule is C=CCN(C)C(=O)c1ccc(Br)cc1O.